The second-order valence-corrected chi connectivity index (χ2v) is 4.71. The average molecular weight is 263 g/mol. The maximum absolute atomic E-state index is 12.4. The second kappa shape index (κ2) is 5.84. The highest BCUT2D eigenvalue weighted by molar-refractivity contribution is 6.00. The Balaban J connectivity index is 2.22. The SMILES string of the molecule is CC1CCOC1C(=O)N(CC(=O)O)c1ccccc1. The van der Waals surface area contributed by atoms with E-state index >= 15 is 0 Å². The number of amides is 1. The van der Waals surface area contributed by atoms with Gasteiger partial charge >= 0.3 is 5.97 Å². The monoisotopic (exact) mass is 263 g/mol. The average Bonchev–Trinajstić information content (AvgIpc) is 2.82. The van der Waals surface area contributed by atoms with Crippen LogP contribution in [-0.4, -0.2) is 36.2 Å². The molecule has 102 valence electrons. The van der Waals surface area contributed by atoms with Crippen LogP contribution in [0.1, 0.15) is 13.3 Å². The maximum Gasteiger partial charge on any atom is 0.323 e. The first-order chi connectivity index (χ1) is 9.09. The number of carboxylic acids is 1. The zero-order valence-electron chi connectivity index (χ0n) is 10.8. The maximum atomic E-state index is 12.4. The molecule has 1 aromatic rings. The number of carboxylic acid groups (broad SMARTS) is 1. The summed E-state index contributed by atoms with van der Waals surface area (Å²) in [5.41, 5.74) is 0.581. The van der Waals surface area contributed by atoms with Crippen molar-refractivity contribution in [3.05, 3.63) is 30.3 Å². The van der Waals surface area contributed by atoms with E-state index in [1.54, 1.807) is 24.3 Å². The molecule has 1 N–H and O–H groups in total. The fourth-order valence-electron chi connectivity index (χ4n) is 2.20. The molecule has 19 heavy (non-hydrogen) atoms. The molecule has 1 aromatic carbocycles. The largest absolute Gasteiger partial charge is 0.480 e. The Labute approximate surface area is 111 Å². The third-order valence-corrected chi connectivity index (χ3v) is 3.26. The summed E-state index contributed by atoms with van der Waals surface area (Å²) in [4.78, 5) is 24.7. The predicted octanol–water partition coefficient (Wildman–Crippen LogP) is 1.53. The first-order valence-corrected chi connectivity index (χ1v) is 6.29. The molecule has 1 saturated heterocycles. The summed E-state index contributed by atoms with van der Waals surface area (Å²) in [5, 5.41) is 8.97. The van der Waals surface area contributed by atoms with E-state index in [-0.39, 0.29) is 18.4 Å². The summed E-state index contributed by atoms with van der Waals surface area (Å²) in [5.74, 6) is -1.20. The summed E-state index contributed by atoms with van der Waals surface area (Å²) < 4.78 is 5.43. The Morgan fingerprint density at radius 2 is 2.05 bits per heavy atom. The standard InChI is InChI=1S/C14H17NO4/c1-10-7-8-19-13(10)14(18)15(9-12(16)17)11-5-3-2-4-6-11/h2-6,10,13H,7-9H2,1H3,(H,16,17). The van der Waals surface area contributed by atoms with Gasteiger partial charge in [0.15, 0.2) is 0 Å². The summed E-state index contributed by atoms with van der Waals surface area (Å²) in [7, 11) is 0. The molecule has 1 heterocycles. The van der Waals surface area contributed by atoms with E-state index in [1.807, 2.05) is 13.0 Å². The molecule has 1 fully saturated rings. The Morgan fingerprint density at radius 1 is 1.37 bits per heavy atom. The van der Waals surface area contributed by atoms with Gasteiger partial charge in [-0.15, -0.1) is 0 Å². The van der Waals surface area contributed by atoms with E-state index < -0.39 is 12.1 Å². The van der Waals surface area contributed by atoms with Gasteiger partial charge in [-0.05, 0) is 24.5 Å². The van der Waals surface area contributed by atoms with Crippen LogP contribution in [0.2, 0.25) is 0 Å². The molecule has 0 radical (unpaired) electrons. The van der Waals surface area contributed by atoms with Crippen molar-refractivity contribution in [1.82, 2.24) is 0 Å². The number of anilines is 1. The Hall–Kier alpha value is -1.88. The van der Waals surface area contributed by atoms with Crippen molar-refractivity contribution in [3.8, 4) is 0 Å². The molecule has 2 unspecified atom stereocenters. The second-order valence-electron chi connectivity index (χ2n) is 4.71. The van der Waals surface area contributed by atoms with Crippen LogP contribution in [0.25, 0.3) is 0 Å². The van der Waals surface area contributed by atoms with Crippen LogP contribution >= 0.6 is 0 Å². The molecule has 5 heteroatoms. The molecule has 0 spiro atoms. The third kappa shape index (κ3) is 3.12. The highest BCUT2D eigenvalue weighted by Crippen LogP contribution is 2.24. The number of aliphatic carboxylic acids is 1. The molecule has 0 bridgehead atoms. The lowest BCUT2D eigenvalue weighted by molar-refractivity contribution is -0.138. The minimum Gasteiger partial charge on any atom is -0.480 e. The quantitative estimate of drug-likeness (QED) is 0.894. The molecule has 1 amide bonds. The lowest BCUT2D eigenvalue weighted by Gasteiger charge is -2.25. The number of para-hydroxylation sites is 1. The van der Waals surface area contributed by atoms with Crippen LogP contribution in [0, 0.1) is 5.92 Å². The first kappa shape index (κ1) is 13.5. The molecule has 2 rings (SSSR count). The van der Waals surface area contributed by atoms with E-state index in [2.05, 4.69) is 0 Å². The van der Waals surface area contributed by atoms with Gasteiger partial charge in [-0.1, -0.05) is 25.1 Å². The van der Waals surface area contributed by atoms with E-state index in [4.69, 9.17) is 9.84 Å². The summed E-state index contributed by atoms with van der Waals surface area (Å²) in [6.07, 6.45) is 0.283. The number of nitrogens with zero attached hydrogens (tertiary/aromatic N) is 1. The topological polar surface area (TPSA) is 66.8 Å². The number of ether oxygens (including phenoxy) is 1. The lowest BCUT2D eigenvalue weighted by atomic mass is 10.0. The van der Waals surface area contributed by atoms with E-state index in [9.17, 15) is 9.59 Å². The minimum atomic E-state index is -1.04. The zero-order valence-corrected chi connectivity index (χ0v) is 10.8. The molecule has 2 atom stereocenters. The minimum absolute atomic E-state index is 0.118. The van der Waals surface area contributed by atoms with Crippen molar-refractivity contribution in [2.75, 3.05) is 18.1 Å². The highest BCUT2D eigenvalue weighted by atomic mass is 16.5. The number of benzene rings is 1. The van der Waals surface area contributed by atoms with Crippen LogP contribution in [0.3, 0.4) is 0 Å². The van der Waals surface area contributed by atoms with Crippen LogP contribution in [-0.2, 0) is 14.3 Å². The van der Waals surface area contributed by atoms with Crippen LogP contribution in [0.15, 0.2) is 30.3 Å². The van der Waals surface area contributed by atoms with Gasteiger partial charge in [0.05, 0.1) is 0 Å². The van der Waals surface area contributed by atoms with Gasteiger partial charge in [0.25, 0.3) is 5.91 Å². The number of hydrogen-bond acceptors (Lipinski definition) is 3. The molecule has 5 nitrogen and oxygen atoms in total. The van der Waals surface area contributed by atoms with E-state index in [1.165, 1.54) is 4.90 Å². The fourth-order valence-corrected chi connectivity index (χ4v) is 2.20. The smallest absolute Gasteiger partial charge is 0.323 e. The van der Waals surface area contributed by atoms with Crippen LogP contribution in [0.5, 0.6) is 0 Å². The van der Waals surface area contributed by atoms with Crippen molar-refractivity contribution in [2.24, 2.45) is 5.92 Å². The van der Waals surface area contributed by atoms with Gasteiger partial charge in [0.1, 0.15) is 12.6 Å². The molecule has 1 aliphatic rings. The van der Waals surface area contributed by atoms with Crippen molar-refractivity contribution in [3.63, 3.8) is 0 Å². The predicted molar refractivity (Wildman–Crippen MR) is 70.0 cm³/mol. The zero-order chi connectivity index (χ0) is 13.8. The molecule has 1 aliphatic heterocycles. The third-order valence-electron chi connectivity index (χ3n) is 3.26. The highest BCUT2D eigenvalue weighted by Gasteiger charge is 2.35. The summed E-state index contributed by atoms with van der Waals surface area (Å²) >= 11 is 0. The molecule has 0 saturated carbocycles. The van der Waals surface area contributed by atoms with Crippen LogP contribution in [0.4, 0.5) is 5.69 Å². The van der Waals surface area contributed by atoms with Crippen molar-refractivity contribution in [2.45, 2.75) is 19.4 Å². The number of carbonyl (C=O) groups excluding carboxylic acids is 1. The number of hydrogen-bond donors (Lipinski definition) is 1. The van der Waals surface area contributed by atoms with Gasteiger partial charge < -0.3 is 9.84 Å². The Morgan fingerprint density at radius 3 is 2.58 bits per heavy atom. The molecule has 0 aliphatic carbocycles. The number of rotatable bonds is 4. The van der Waals surface area contributed by atoms with Gasteiger partial charge in [-0.3, -0.25) is 14.5 Å². The van der Waals surface area contributed by atoms with E-state index in [0.29, 0.717) is 12.3 Å². The number of carbonyl (C=O) groups is 2. The van der Waals surface area contributed by atoms with Crippen LogP contribution < -0.4 is 4.90 Å². The Kier molecular flexibility index (Phi) is 4.16. The van der Waals surface area contributed by atoms with Gasteiger partial charge in [-0.2, -0.15) is 0 Å². The summed E-state index contributed by atoms with van der Waals surface area (Å²) in [6, 6.07) is 8.81. The van der Waals surface area contributed by atoms with Crippen molar-refractivity contribution >= 4 is 17.6 Å². The van der Waals surface area contributed by atoms with Gasteiger partial charge in [-0.25, -0.2) is 0 Å². The molecule has 0 aromatic heterocycles. The van der Waals surface area contributed by atoms with Gasteiger partial charge in [0, 0.05) is 12.3 Å². The van der Waals surface area contributed by atoms with Crippen molar-refractivity contribution < 1.29 is 19.4 Å². The Bertz CT molecular complexity index is 460. The molecular formula is C14H17NO4. The molecular weight excluding hydrogens is 246 g/mol. The fraction of sp³-hybridized carbons (Fsp3) is 0.429. The van der Waals surface area contributed by atoms with E-state index in [0.717, 1.165) is 6.42 Å². The summed E-state index contributed by atoms with van der Waals surface area (Å²) in [6.45, 7) is 2.14. The lowest BCUT2D eigenvalue weighted by Crippen LogP contribution is -2.44. The first-order valence-electron chi connectivity index (χ1n) is 6.29. The van der Waals surface area contributed by atoms with Gasteiger partial charge in [0.2, 0.25) is 0 Å². The van der Waals surface area contributed by atoms with Crippen molar-refractivity contribution in [1.29, 1.82) is 0 Å². The normalized spacial score (nSPS) is 22.2.